The third-order valence-corrected chi connectivity index (χ3v) is 4.60. The third-order valence-electron chi connectivity index (χ3n) is 4.60. The van der Waals surface area contributed by atoms with Gasteiger partial charge in [0.1, 0.15) is 11.6 Å². The lowest BCUT2D eigenvalue weighted by Gasteiger charge is -2.15. The van der Waals surface area contributed by atoms with Crippen LogP contribution in [0.15, 0.2) is 66.9 Å². The lowest BCUT2D eigenvalue weighted by Crippen LogP contribution is -2.18. The van der Waals surface area contributed by atoms with Crippen LogP contribution in [0.4, 0.5) is 15.9 Å². The first kappa shape index (κ1) is 20.5. The van der Waals surface area contributed by atoms with Gasteiger partial charge in [0.15, 0.2) is 0 Å². The number of rotatable bonds is 8. The highest BCUT2D eigenvalue weighted by Crippen LogP contribution is 2.14. The molecule has 1 heterocycles. The smallest absolute Gasteiger partial charge is 0.255 e. The van der Waals surface area contributed by atoms with Gasteiger partial charge in [-0.05, 0) is 54.4 Å². The third kappa shape index (κ3) is 5.86. The van der Waals surface area contributed by atoms with Gasteiger partial charge in [-0.1, -0.05) is 24.3 Å². The van der Waals surface area contributed by atoms with E-state index in [1.165, 1.54) is 18.2 Å². The SMILES string of the molecule is CCN(C)c1ccc(CNCc2cccc(NC(=O)c3cccc(F)c3)c2)cn1. The van der Waals surface area contributed by atoms with Gasteiger partial charge in [0.05, 0.1) is 0 Å². The van der Waals surface area contributed by atoms with Gasteiger partial charge in [-0.25, -0.2) is 9.37 Å². The molecule has 2 N–H and O–H groups in total. The Labute approximate surface area is 170 Å². The highest BCUT2D eigenvalue weighted by atomic mass is 19.1. The molecule has 150 valence electrons. The predicted octanol–water partition coefficient (Wildman–Crippen LogP) is 4.22. The van der Waals surface area contributed by atoms with Gasteiger partial charge in [-0.2, -0.15) is 0 Å². The molecule has 0 aliphatic carbocycles. The van der Waals surface area contributed by atoms with Gasteiger partial charge < -0.3 is 15.5 Å². The van der Waals surface area contributed by atoms with Crippen molar-refractivity contribution < 1.29 is 9.18 Å². The summed E-state index contributed by atoms with van der Waals surface area (Å²) >= 11 is 0. The molecule has 3 rings (SSSR count). The Bertz CT molecular complexity index is 959. The van der Waals surface area contributed by atoms with Crippen LogP contribution in [0.1, 0.15) is 28.4 Å². The fourth-order valence-corrected chi connectivity index (χ4v) is 2.85. The summed E-state index contributed by atoms with van der Waals surface area (Å²) in [5.41, 5.74) is 3.11. The first-order valence-corrected chi connectivity index (χ1v) is 9.58. The number of hydrogen-bond donors (Lipinski definition) is 2. The molecule has 29 heavy (non-hydrogen) atoms. The average Bonchev–Trinajstić information content (AvgIpc) is 2.74. The summed E-state index contributed by atoms with van der Waals surface area (Å²) in [4.78, 5) is 18.8. The van der Waals surface area contributed by atoms with E-state index in [9.17, 15) is 9.18 Å². The quantitative estimate of drug-likeness (QED) is 0.603. The van der Waals surface area contributed by atoms with E-state index in [2.05, 4.69) is 33.5 Å². The molecule has 0 radical (unpaired) electrons. The molecule has 0 saturated heterocycles. The monoisotopic (exact) mass is 392 g/mol. The number of halogens is 1. The van der Waals surface area contributed by atoms with Crippen molar-refractivity contribution in [2.45, 2.75) is 20.0 Å². The zero-order chi connectivity index (χ0) is 20.6. The second kappa shape index (κ2) is 9.80. The molecule has 3 aromatic rings. The summed E-state index contributed by atoms with van der Waals surface area (Å²) < 4.78 is 13.3. The van der Waals surface area contributed by atoms with E-state index in [0.29, 0.717) is 18.8 Å². The highest BCUT2D eigenvalue weighted by molar-refractivity contribution is 6.04. The predicted molar refractivity (Wildman–Crippen MR) is 115 cm³/mol. The Morgan fingerprint density at radius 3 is 2.55 bits per heavy atom. The molecule has 0 spiro atoms. The van der Waals surface area contributed by atoms with E-state index in [1.807, 2.05) is 43.6 Å². The zero-order valence-electron chi connectivity index (χ0n) is 16.7. The number of nitrogens with one attached hydrogen (secondary N) is 2. The Kier molecular flexibility index (Phi) is 6.92. The van der Waals surface area contributed by atoms with Crippen molar-refractivity contribution in [3.63, 3.8) is 0 Å². The maximum atomic E-state index is 13.3. The number of aromatic nitrogens is 1. The van der Waals surface area contributed by atoms with Crippen LogP contribution >= 0.6 is 0 Å². The molecule has 0 aliphatic rings. The standard InChI is InChI=1S/C23H25FN4O/c1-3-28(2)22-11-10-18(16-26-22)15-25-14-17-6-4-9-21(12-17)27-23(29)19-7-5-8-20(24)13-19/h4-13,16,25H,3,14-15H2,1-2H3,(H,27,29). The molecular formula is C23H25FN4O. The summed E-state index contributed by atoms with van der Waals surface area (Å²) in [6.45, 7) is 4.35. The van der Waals surface area contributed by atoms with Crippen molar-refractivity contribution in [2.75, 3.05) is 23.8 Å². The molecule has 1 amide bonds. The van der Waals surface area contributed by atoms with E-state index < -0.39 is 5.82 Å². The molecule has 0 atom stereocenters. The fourth-order valence-electron chi connectivity index (χ4n) is 2.85. The van der Waals surface area contributed by atoms with Crippen LogP contribution < -0.4 is 15.5 Å². The zero-order valence-corrected chi connectivity index (χ0v) is 16.7. The number of pyridine rings is 1. The number of carbonyl (C=O) groups is 1. The van der Waals surface area contributed by atoms with Crippen LogP contribution in [0.25, 0.3) is 0 Å². The maximum Gasteiger partial charge on any atom is 0.255 e. The minimum Gasteiger partial charge on any atom is -0.360 e. The summed E-state index contributed by atoms with van der Waals surface area (Å²) in [7, 11) is 2.01. The lowest BCUT2D eigenvalue weighted by atomic mass is 10.1. The van der Waals surface area contributed by atoms with Crippen molar-refractivity contribution in [2.24, 2.45) is 0 Å². The second-order valence-corrected chi connectivity index (χ2v) is 6.81. The van der Waals surface area contributed by atoms with Crippen molar-refractivity contribution >= 4 is 17.4 Å². The Morgan fingerprint density at radius 2 is 1.83 bits per heavy atom. The second-order valence-electron chi connectivity index (χ2n) is 6.81. The van der Waals surface area contributed by atoms with Gasteiger partial charge in [0, 0.05) is 44.1 Å². The fraction of sp³-hybridized carbons (Fsp3) is 0.217. The number of benzene rings is 2. The Balaban J connectivity index is 1.54. The van der Waals surface area contributed by atoms with Gasteiger partial charge >= 0.3 is 0 Å². The summed E-state index contributed by atoms with van der Waals surface area (Å²) in [5, 5.41) is 6.19. The maximum absolute atomic E-state index is 13.3. The van der Waals surface area contributed by atoms with Crippen LogP contribution in [0.2, 0.25) is 0 Å². The molecule has 0 unspecified atom stereocenters. The summed E-state index contributed by atoms with van der Waals surface area (Å²) in [6.07, 6.45) is 1.88. The van der Waals surface area contributed by atoms with E-state index in [1.54, 1.807) is 6.07 Å². The molecule has 0 bridgehead atoms. The van der Waals surface area contributed by atoms with Crippen molar-refractivity contribution in [3.8, 4) is 0 Å². The number of nitrogens with zero attached hydrogens (tertiary/aromatic N) is 2. The van der Waals surface area contributed by atoms with Crippen molar-refractivity contribution in [1.82, 2.24) is 10.3 Å². The van der Waals surface area contributed by atoms with Crippen LogP contribution in [0, 0.1) is 5.82 Å². The number of amides is 1. The van der Waals surface area contributed by atoms with E-state index in [4.69, 9.17) is 0 Å². The number of carbonyl (C=O) groups excluding carboxylic acids is 1. The molecule has 0 aliphatic heterocycles. The van der Waals surface area contributed by atoms with Crippen molar-refractivity contribution in [3.05, 3.63) is 89.4 Å². The Hall–Kier alpha value is -3.25. The molecular weight excluding hydrogens is 367 g/mol. The molecule has 2 aromatic carbocycles. The minimum absolute atomic E-state index is 0.290. The molecule has 0 fully saturated rings. The van der Waals surface area contributed by atoms with Crippen LogP contribution in [-0.2, 0) is 13.1 Å². The molecule has 1 aromatic heterocycles. The Morgan fingerprint density at radius 1 is 1.03 bits per heavy atom. The first-order chi connectivity index (χ1) is 14.0. The van der Waals surface area contributed by atoms with E-state index in [0.717, 1.165) is 23.5 Å². The van der Waals surface area contributed by atoms with E-state index >= 15 is 0 Å². The molecule has 0 saturated carbocycles. The minimum atomic E-state index is -0.431. The van der Waals surface area contributed by atoms with Crippen molar-refractivity contribution in [1.29, 1.82) is 0 Å². The van der Waals surface area contributed by atoms with Gasteiger partial charge in [0.2, 0.25) is 0 Å². The number of hydrogen-bond acceptors (Lipinski definition) is 4. The topological polar surface area (TPSA) is 57.3 Å². The first-order valence-electron chi connectivity index (χ1n) is 9.58. The summed E-state index contributed by atoms with van der Waals surface area (Å²) in [6, 6.07) is 17.3. The molecule has 5 nitrogen and oxygen atoms in total. The van der Waals surface area contributed by atoms with Gasteiger partial charge in [0.25, 0.3) is 5.91 Å². The highest BCUT2D eigenvalue weighted by Gasteiger charge is 2.07. The normalized spacial score (nSPS) is 10.6. The molecule has 6 heteroatoms. The van der Waals surface area contributed by atoms with E-state index in [-0.39, 0.29) is 11.5 Å². The summed E-state index contributed by atoms with van der Waals surface area (Å²) in [5.74, 6) is 0.190. The van der Waals surface area contributed by atoms with Crippen LogP contribution in [0.3, 0.4) is 0 Å². The largest absolute Gasteiger partial charge is 0.360 e. The average molecular weight is 392 g/mol. The van der Waals surface area contributed by atoms with Gasteiger partial charge in [-0.15, -0.1) is 0 Å². The van der Waals surface area contributed by atoms with Gasteiger partial charge in [-0.3, -0.25) is 4.79 Å². The lowest BCUT2D eigenvalue weighted by molar-refractivity contribution is 0.102. The van der Waals surface area contributed by atoms with Crippen LogP contribution in [-0.4, -0.2) is 24.5 Å². The van der Waals surface area contributed by atoms with Crippen LogP contribution in [0.5, 0.6) is 0 Å². The number of anilines is 2.